The van der Waals surface area contributed by atoms with Crippen molar-refractivity contribution in [2.75, 3.05) is 0 Å². The van der Waals surface area contributed by atoms with Crippen molar-refractivity contribution in [3.05, 3.63) is 89.5 Å². The van der Waals surface area contributed by atoms with Crippen LogP contribution in [0.15, 0.2) is 62.8 Å². The predicted octanol–water partition coefficient (Wildman–Crippen LogP) is 3.68. The van der Waals surface area contributed by atoms with Gasteiger partial charge in [-0.1, -0.05) is 29.8 Å². The summed E-state index contributed by atoms with van der Waals surface area (Å²) in [4.78, 5) is 27.2. The van der Waals surface area contributed by atoms with Gasteiger partial charge in [-0.3, -0.25) is 9.36 Å². The fraction of sp³-hybridized carbons (Fsp3) is 0.105. The van der Waals surface area contributed by atoms with E-state index in [1.54, 1.807) is 34.1 Å². The zero-order valence-electron chi connectivity index (χ0n) is 14.4. The van der Waals surface area contributed by atoms with Crippen LogP contribution in [-0.2, 0) is 13.1 Å². The molecule has 0 fully saturated rings. The van der Waals surface area contributed by atoms with E-state index in [0.717, 1.165) is 10.4 Å². The third-order valence-corrected chi connectivity index (χ3v) is 6.53. The number of aromatic nitrogens is 4. The van der Waals surface area contributed by atoms with Gasteiger partial charge in [0, 0.05) is 9.90 Å². The van der Waals surface area contributed by atoms with E-state index >= 15 is 0 Å². The summed E-state index contributed by atoms with van der Waals surface area (Å²) in [5, 5.41) is 8.93. The van der Waals surface area contributed by atoms with E-state index in [1.807, 2.05) is 35.0 Å². The quantitative estimate of drug-likeness (QED) is 0.438. The van der Waals surface area contributed by atoms with Crippen molar-refractivity contribution in [3.8, 4) is 0 Å². The number of benzene rings is 1. The Morgan fingerprint density at radius 3 is 2.54 bits per heavy atom. The number of nitrogens with zero attached hydrogens (tertiary/aromatic N) is 4. The molecular formula is C19H13ClN4O2S2. The number of rotatable bonds is 4. The minimum atomic E-state index is -0.270. The first-order valence-electron chi connectivity index (χ1n) is 8.48. The fourth-order valence-electron chi connectivity index (χ4n) is 3.20. The van der Waals surface area contributed by atoms with E-state index < -0.39 is 0 Å². The topological polar surface area (TPSA) is 61.3 Å². The van der Waals surface area contributed by atoms with Crippen LogP contribution in [0.1, 0.15) is 10.4 Å². The molecule has 5 rings (SSSR count). The van der Waals surface area contributed by atoms with Gasteiger partial charge in [-0.05, 0) is 40.6 Å². The molecule has 0 radical (unpaired) electrons. The van der Waals surface area contributed by atoms with Gasteiger partial charge in [-0.15, -0.1) is 27.8 Å². The zero-order valence-corrected chi connectivity index (χ0v) is 16.8. The smallest absolute Gasteiger partial charge is 0.270 e. The van der Waals surface area contributed by atoms with Gasteiger partial charge in [-0.25, -0.2) is 13.9 Å². The molecular weight excluding hydrogens is 416 g/mol. The first-order chi connectivity index (χ1) is 13.6. The average molecular weight is 429 g/mol. The van der Waals surface area contributed by atoms with Crippen molar-refractivity contribution < 1.29 is 0 Å². The Kier molecular flexibility index (Phi) is 4.19. The molecule has 0 N–H and O–H groups in total. The lowest BCUT2D eigenvalue weighted by atomic mass is 10.2. The van der Waals surface area contributed by atoms with Gasteiger partial charge >= 0.3 is 5.69 Å². The lowest BCUT2D eigenvalue weighted by molar-refractivity contribution is 0.655. The number of hydrogen-bond donors (Lipinski definition) is 0. The van der Waals surface area contributed by atoms with Crippen LogP contribution in [0.25, 0.3) is 16.0 Å². The first kappa shape index (κ1) is 17.4. The molecule has 4 aromatic heterocycles. The van der Waals surface area contributed by atoms with Crippen LogP contribution in [0, 0.1) is 0 Å². The fourth-order valence-corrected chi connectivity index (χ4v) is 4.84. The number of hydrogen-bond acceptors (Lipinski definition) is 5. The summed E-state index contributed by atoms with van der Waals surface area (Å²) in [6.45, 7) is 0.682. The normalized spacial score (nSPS) is 11.6. The summed E-state index contributed by atoms with van der Waals surface area (Å²) in [7, 11) is 0. The number of fused-ring (bicyclic) bond motifs is 3. The van der Waals surface area contributed by atoms with Crippen molar-refractivity contribution >= 4 is 50.3 Å². The second-order valence-corrected chi connectivity index (χ2v) is 8.69. The Bertz CT molecular complexity index is 1410. The summed E-state index contributed by atoms with van der Waals surface area (Å²) in [6, 6.07) is 13.0. The highest BCUT2D eigenvalue weighted by atomic mass is 35.5. The first-order valence-corrected chi connectivity index (χ1v) is 10.6. The minimum absolute atomic E-state index is 0.130. The highest BCUT2D eigenvalue weighted by Gasteiger charge is 2.18. The van der Waals surface area contributed by atoms with Crippen LogP contribution in [0.4, 0.5) is 0 Å². The largest absolute Gasteiger partial charge is 0.352 e. The van der Waals surface area contributed by atoms with E-state index in [9.17, 15) is 9.59 Å². The molecule has 0 aliphatic rings. The molecule has 0 amide bonds. The summed E-state index contributed by atoms with van der Waals surface area (Å²) in [5.74, 6) is 0.350. The highest BCUT2D eigenvalue weighted by molar-refractivity contribution is 7.17. The average Bonchev–Trinajstić information content (AvgIpc) is 3.42. The molecule has 0 unspecified atom stereocenters. The molecule has 0 aliphatic carbocycles. The number of thiophene rings is 2. The number of halogens is 1. The van der Waals surface area contributed by atoms with Crippen molar-refractivity contribution in [1.29, 1.82) is 0 Å². The predicted molar refractivity (Wildman–Crippen MR) is 113 cm³/mol. The van der Waals surface area contributed by atoms with Crippen molar-refractivity contribution in [2.45, 2.75) is 13.1 Å². The molecule has 0 aliphatic heterocycles. The van der Waals surface area contributed by atoms with Gasteiger partial charge in [-0.2, -0.15) is 0 Å². The maximum atomic E-state index is 13.1. The Morgan fingerprint density at radius 2 is 1.79 bits per heavy atom. The molecule has 28 heavy (non-hydrogen) atoms. The van der Waals surface area contributed by atoms with E-state index in [0.29, 0.717) is 34.1 Å². The Morgan fingerprint density at radius 1 is 0.964 bits per heavy atom. The van der Waals surface area contributed by atoms with Crippen LogP contribution >= 0.6 is 34.3 Å². The molecule has 140 valence electrons. The van der Waals surface area contributed by atoms with Crippen LogP contribution < -0.4 is 11.2 Å². The zero-order chi connectivity index (χ0) is 19.3. The Balaban J connectivity index is 1.74. The molecule has 0 spiro atoms. The molecule has 1 aromatic carbocycles. The molecule has 0 atom stereocenters. The monoisotopic (exact) mass is 428 g/mol. The molecule has 0 saturated heterocycles. The SMILES string of the molecule is O=c1c2sccc2n2c(=O)n(Cc3ccc(Cl)cc3)nc2n1Cc1cccs1. The maximum absolute atomic E-state index is 13.1. The lowest BCUT2D eigenvalue weighted by Gasteiger charge is -2.06. The summed E-state index contributed by atoms with van der Waals surface area (Å²) >= 11 is 8.85. The molecule has 4 heterocycles. The standard InChI is InChI=1S/C19H13ClN4O2S2/c20-13-5-3-12(4-6-13)10-23-19(26)24-15-7-9-28-16(15)17(25)22(18(24)21-23)11-14-2-1-8-27-14/h1-9H,10-11H2. The van der Waals surface area contributed by atoms with Crippen LogP contribution in [0.2, 0.25) is 5.02 Å². The lowest BCUT2D eigenvalue weighted by Crippen LogP contribution is -2.26. The molecule has 9 heteroatoms. The van der Waals surface area contributed by atoms with Crippen molar-refractivity contribution in [1.82, 2.24) is 18.7 Å². The van der Waals surface area contributed by atoms with Crippen LogP contribution in [0.5, 0.6) is 0 Å². The Hall–Kier alpha value is -2.68. The molecule has 6 nitrogen and oxygen atoms in total. The van der Waals surface area contributed by atoms with Crippen LogP contribution in [0.3, 0.4) is 0 Å². The van der Waals surface area contributed by atoms with E-state index in [1.165, 1.54) is 20.4 Å². The van der Waals surface area contributed by atoms with Crippen molar-refractivity contribution in [2.24, 2.45) is 0 Å². The van der Waals surface area contributed by atoms with Gasteiger partial charge < -0.3 is 0 Å². The highest BCUT2D eigenvalue weighted by Crippen LogP contribution is 2.19. The van der Waals surface area contributed by atoms with Gasteiger partial charge in [0.1, 0.15) is 4.70 Å². The third kappa shape index (κ3) is 2.81. The minimum Gasteiger partial charge on any atom is -0.270 e. The van der Waals surface area contributed by atoms with Gasteiger partial charge in [0.2, 0.25) is 5.78 Å². The second-order valence-electron chi connectivity index (χ2n) is 6.31. The molecule has 5 aromatic rings. The second kappa shape index (κ2) is 6.73. The Labute approximate surface area is 171 Å². The van der Waals surface area contributed by atoms with E-state index in [-0.39, 0.29) is 11.2 Å². The van der Waals surface area contributed by atoms with E-state index in [2.05, 4.69) is 5.10 Å². The summed E-state index contributed by atoms with van der Waals surface area (Å²) in [6.07, 6.45) is 0. The molecule has 0 saturated carbocycles. The third-order valence-electron chi connectivity index (χ3n) is 4.53. The van der Waals surface area contributed by atoms with Gasteiger partial charge in [0.25, 0.3) is 5.56 Å². The van der Waals surface area contributed by atoms with Crippen LogP contribution in [-0.4, -0.2) is 18.7 Å². The van der Waals surface area contributed by atoms with Gasteiger partial charge in [0.05, 0.1) is 18.6 Å². The van der Waals surface area contributed by atoms with Gasteiger partial charge in [0.15, 0.2) is 0 Å². The summed E-state index contributed by atoms with van der Waals surface area (Å²) < 4.78 is 5.04. The molecule has 0 bridgehead atoms. The maximum Gasteiger partial charge on any atom is 0.352 e. The van der Waals surface area contributed by atoms with Crippen molar-refractivity contribution in [3.63, 3.8) is 0 Å². The van der Waals surface area contributed by atoms with E-state index in [4.69, 9.17) is 11.6 Å². The summed E-state index contributed by atoms with van der Waals surface area (Å²) in [5.41, 5.74) is 1.10.